The summed E-state index contributed by atoms with van der Waals surface area (Å²) in [4.78, 5) is 11.6. The van der Waals surface area contributed by atoms with Crippen LogP contribution in [-0.2, 0) is 10.0 Å². The van der Waals surface area contributed by atoms with Gasteiger partial charge in [-0.1, -0.05) is 0 Å². The molecule has 0 aliphatic heterocycles. The Bertz CT molecular complexity index is 558. The number of sulfonamides is 1. The molecule has 0 bridgehead atoms. The third kappa shape index (κ3) is 4.16. The number of benzene rings is 1. The molecule has 0 heterocycles. The molecule has 0 aliphatic carbocycles. The van der Waals surface area contributed by atoms with E-state index < -0.39 is 10.0 Å². The first-order valence-corrected chi connectivity index (χ1v) is 6.83. The molecule has 0 spiro atoms. The van der Waals surface area contributed by atoms with Crippen LogP contribution in [0, 0.1) is 11.3 Å². The zero-order chi connectivity index (χ0) is 13.6. The number of nitrogens with one attached hydrogen (secondary N) is 2. The lowest BCUT2D eigenvalue weighted by Gasteiger charge is -2.05. The van der Waals surface area contributed by atoms with Crippen LogP contribution in [0.2, 0.25) is 0 Å². The van der Waals surface area contributed by atoms with Gasteiger partial charge in [0, 0.05) is 12.1 Å². The second kappa shape index (κ2) is 6.14. The van der Waals surface area contributed by atoms with Crippen LogP contribution in [0.5, 0.6) is 0 Å². The first-order chi connectivity index (χ1) is 8.48. The van der Waals surface area contributed by atoms with Crippen molar-refractivity contribution in [2.75, 3.05) is 19.3 Å². The lowest BCUT2D eigenvalue weighted by atomic mass is 10.1. The third-order valence-corrected chi connectivity index (χ3v) is 3.61. The van der Waals surface area contributed by atoms with E-state index in [-0.39, 0.29) is 18.2 Å². The number of amides is 1. The maximum absolute atomic E-state index is 11.6. The van der Waals surface area contributed by atoms with Gasteiger partial charge in [0.25, 0.3) is 5.91 Å². The Hall–Kier alpha value is -1.91. The summed E-state index contributed by atoms with van der Waals surface area (Å²) in [6.07, 6.45) is 0. The van der Waals surface area contributed by atoms with E-state index in [2.05, 4.69) is 10.0 Å². The maximum Gasteiger partial charge on any atom is 0.251 e. The molecule has 6 nitrogen and oxygen atoms in total. The molecule has 1 rings (SSSR count). The fraction of sp³-hybridized carbons (Fsp3) is 0.273. The molecule has 1 aromatic rings. The van der Waals surface area contributed by atoms with Gasteiger partial charge >= 0.3 is 0 Å². The Kier molecular flexibility index (Phi) is 4.83. The van der Waals surface area contributed by atoms with Crippen LogP contribution in [0.4, 0.5) is 0 Å². The quantitative estimate of drug-likeness (QED) is 0.774. The zero-order valence-corrected chi connectivity index (χ0v) is 10.6. The summed E-state index contributed by atoms with van der Waals surface area (Å²) in [7, 11) is -2.00. The molecule has 0 aliphatic rings. The van der Waals surface area contributed by atoms with E-state index in [1.165, 1.54) is 31.3 Å². The summed E-state index contributed by atoms with van der Waals surface area (Å²) >= 11 is 0. The van der Waals surface area contributed by atoms with E-state index in [0.717, 1.165) is 0 Å². The molecule has 18 heavy (non-hydrogen) atoms. The first kappa shape index (κ1) is 14.2. The van der Waals surface area contributed by atoms with Crippen molar-refractivity contribution in [3.63, 3.8) is 0 Å². The summed E-state index contributed by atoms with van der Waals surface area (Å²) in [6.45, 7) is 0.0298. The highest BCUT2D eigenvalue weighted by Crippen LogP contribution is 2.02. The molecule has 0 atom stereocenters. The van der Waals surface area contributed by atoms with E-state index in [1.807, 2.05) is 6.07 Å². The van der Waals surface area contributed by atoms with Gasteiger partial charge in [0.15, 0.2) is 0 Å². The monoisotopic (exact) mass is 267 g/mol. The SMILES string of the molecule is CNS(=O)(=O)CCNC(=O)c1ccc(C#N)cc1. The summed E-state index contributed by atoms with van der Waals surface area (Å²) in [5, 5.41) is 11.1. The van der Waals surface area contributed by atoms with E-state index in [1.54, 1.807) is 0 Å². The van der Waals surface area contributed by atoms with Gasteiger partial charge in [-0.05, 0) is 31.3 Å². The van der Waals surface area contributed by atoms with Gasteiger partial charge in [-0.2, -0.15) is 5.26 Å². The van der Waals surface area contributed by atoms with Crippen molar-refractivity contribution in [2.24, 2.45) is 0 Å². The molecule has 0 aromatic heterocycles. The lowest BCUT2D eigenvalue weighted by molar-refractivity contribution is 0.0956. The van der Waals surface area contributed by atoms with Crippen LogP contribution >= 0.6 is 0 Å². The van der Waals surface area contributed by atoms with Crippen molar-refractivity contribution >= 4 is 15.9 Å². The number of hydrogen-bond acceptors (Lipinski definition) is 4. The van der Waals surface area contributed by atoms with E-state index in [4.69, 9.17) is 5.26 Å². The lowest BCUT2D eigenvalue weighted by Crippen LogP contribution is -2.32. The Balaban J connectivity index is 2.53. The third-order valence-electron chi connectivity index (χ3n) is 2.24. The summed E-state index contributed by atoms with van der Waals surface area (Å²) in [5.74, 6) is -0.545. The van der Waals surface area contributed by atoms with E-state index >= 15 is 0 Å². The zero-order valence-electron chi connectivity index (χ0n) is 9.80. The highest BCUT2D eigenvalue weighted by molar-refractivity contribution is 7.89. The molecule has 96 valence electrons. The number of nitriles is 1. The number of carbonyl (C=O) groups excluding carboxylic acids is 1. The van der Waals surface area contributed by atoms with Crippen LogP contribution in [0.1, 0.15) is 15.9 Å². The average molecular weight is 267 g/mol. The highest BCUT2D eigenvalue weighted by atomic mass is 32.2. The van der Waals surface area contributed by atoms with Crippen LogP contribution in [-0.4, -0.2) is 33.7 Å². The standard InChI is InChI=1S/C11H13N3O3S/c1-13-18(16,17)7-6-14-11(15)10-4-2-9(8-12)3-5-10/h2-5,13H,6-7H2,1H3,(H,14,15). The van der Waals surface area contributed by atoms with Crippen molar-refractivity contribution in [3.8, 4) is 6.07 Å². The van der Waals surface area contributed by atoms with E-state index in [0.29, 0.717) is 11.1 Å². The van der Waals surface area contributed by atoms with Gasteiger partial charge in [-0.25, -0.2) is 13.1 Å². The van der Waals surface area contributed by atoms with Crippen LogP contribution < -0.4 is 10.0 Å². The molecule has 0 saturated carbocycles. The number of hydrogen-bond donors (Lipinski definition) is 2. The fourth-order valence-electron chi connectivity index (χ4n) is 1.20. The smallest absolute Gasteiger partial charge is 0.251 e. The molecule has 0 fully saturated rings. The number of rotatable bonds is 5. The van der Waals surface area contributed by atoms with Crippen molar-refractivity contribution in [1.29, 1.82) is 5.26 Å². The summed E-state index contributed by atoms with van der Waals surface area (Å²) in [5.41, 5.74) is 0.847. The molecule has 0 saturated heterocycles. The molecule has 2 N–H and O–H groups in total. The van der Waals surface area contributed by atoms with Gasteiger partial charge < -0.3 is 5.32 Å². The van der Waals surface area contributed by atoms with Crippen LogP contribution in [0.15, 0.2) is 24.3 Å². The Labute approximate surface area is 106 Å². The first-order valence-electron chi connectivity index (χ1n) is 5.18. The normalized spacial score (nSPS) is 10.7. The van der Waals surface area contributed by atoms with Gasteiger partial charge in [0.1, 0.15) is 0 Å². The average Bonchev–Trinajstić information content (AvgIpc) is 2.38. The van der Waals surface area contributed by atoms with Crippen molar-refractivity contribution < 1.29 is 13.2 Å². The van der Waals surface area contributed by atoms with Crippen molar-refractivity contribution in [2.45, 2.75) is 0 Å². The summed E-state index contributed by atoms with van der Waals surface area (Å²) in [6, 6.07) is 8.03. The number of carbonyl (C=O) groups is 1. The minimum absolute atomic E-state index is 0.0298. The second-order valence-corrected chi connectivity index (χ2v) is 5.51. The fourth-order valence-corrected chi connectivity index (χ4v) is 1.77. The van der Waals surface area contributed by atoms with Crippen LogP contribution in [0.25, 0.3) is 0 Å². The molecular weight excluding hydrogens is 254 g/mol. The van der Waals surface area contributed by atoms with Crippen LogP contribution in [0.3, 0.4) is 0 Å². The van der Waals surface area contributed by atoms with Crippen molar-refractivity contribution in [1.82, 2.24) is 10.0 Å². The molecule has 1 aromatic carbocycles. The molecule has 0 unspecified atom stereocenters. The summed E-state index contributed by atoms with van der Waals surface area (Å²) < 4.78 is 24.4. The van der Waals surface area contributed by atoms with Gasteiger partial charge in [0.2, 0.25) is 10.0 Å². The second-order valence-electron chi connectivity index (χ2n) is 3.47. The Morgan fingerprint density at radius 3 is 2.44 bits per heavy atom. The maximum atomic E-state index is 11.6. The Morgan fingerprint density at radius 2 is 1.94 bits per heavy atom. The Morgan fingerprint density at radius 1 is 1.33 bits per heavy atom. The van der Waals surface area contributed by atoms with Crippen molar-refractivity contribution in [3.05, 3.63) is 35.4 Å². The predicted molar refractivity (Wildman–Crippen MR) is 66.3 cm³/mol. The largest absolute Gasteiger partial charge is 0.351 e. The molecule has 0 radical (unpaired) electrons. The van der Waals surface area contributed by atoms with E-state index in [9.17, 15) is 13.2 Å². The van der Waals surface area contributed by atoms with Gasteiger partial charge in [0.05, 0.1) is 17.4 Å². The molecular formula is C11H13N3O3S. The van der Waals surface area contributed by atoms with Gasteiger partial charge in [-0.3, -0.25) is 4.79 Å². The molecule has 7 heteroatoms. The topological polar surface area (TPSA) is 99.1 Å². The molecule has 1 amide bonds. The minimum Gasteiger partial charge on any atom is -0.351 e. The number of nitrogens with zero attached hydrogens (tertiary/aromatic N) is 1. The highest BCUT2D eigenvalue weighted by Gasteiger charge is 2.09. The van der Waals surface area contributed by atoms with Gasteiger partial charge in [-0.15, -0.1) is 0 Å². The predicted octanol–water partition coefficient (Wildman–Crippen LogP) is -0.163. The minimum atomic E-state index is -3.32.